The Morgan fingerprint density at radius 2 is 1.20 bits per heavy atom. The molecule has 0 aliphatic heterocycles. The van der Waals surface area contributed by atoms with Crippen molar-refractivity contribution in [3.8, 4) is 40.3 Å². The van der Waals surface area contributed by atoms with Crippen molar-refractivity contribution in [1.29, 1.82) is 0 Å². The Balaban J connectivity index is 1.55. The SMILES string of the molecule is COc1ccc(N=Nc2cc(OCCO)c(N=Nc3c(O)ccc4cc(S(=O)(=O)O)cc(-n5nc(C(=O)O)c(N=Nc6cc(C)c(S(=O)(=O)O)cc6OC)c5O)c34)cc2OCCO)c(S(=O)(=O)O)c1. The minimum absolute atomic E-state index is 0.0374. The first-order valence-electron chi connectivity index (χ1n) is 19.1. The highest BCUT2D eigenvalue weighted by Crippen LogP contribution is 2.46. The Kier molecular flexibility index (Phi) is 14.9. The fourth-order valence-corrected chi connectivity index (χ4v) is 8.14. The van der Waals surface area contributed by atoms with E-state index in [2.05, 4.69) is 35.8 Å². The van der Waals surface area contributed by atoms with Crippen molar-refractivity contribution in [3.63, 3.8) is 0 Å². The van der Waals surface area contributed by atoms with Crippen molar-refractivity contribution in [3.05, 3.63) is 78.0 Å². The minimum atomic E-state index is -5.08. The van der Waals surface area contributed by atoms with Crippen LogP contribution < -0.4 is 18.9 Å². The number of fused-ring (bicyclic) bond motifs is 1. The number of benzene rings is 5. The maximum Gasteiger partial charge on any atom is 0.358 e. The number of aromatic carboxylic acids is 1. The van der Waals surface area contributed by atoms with Gasteiger partial charge in [-0.3, -0.25) is 13.7 Å². The van der Waals surface area contributed by atoms with Gasteiger partial charge in [-0.15, -0.1) is 30.7 Å². The first-order chi connectivity index (χ1) is 32.5. The molecule has 30 heteroatoms. The van der Waals surface area contributed by atoms with Gasteiger partial charge < -0.3 is 44.5 Å². The average Bonchev–Trinajstić information content (AvgIpc) is 3.62. The number of ether oxygens (including phenoxy) is 4. The quantitative estimate of drug-likeness (QED) is 0.0331. The van der Waals surface area contributed by atoms with Crippen LogP contribution in [0, 0.1) is 6.92 Å². The van der Waals surface area contributed by atoms with Crippen molar-refractivity contribution < 1.29 is 88.2 Å². The van der Waals surface area contributed by atoms with Gasteiger partial charge in [0.05, 0.1) is 38.0 Å². The lowest BCUT2D eigenvalue weighted by atomic mass is 10.1. The molecular weight excluding hydrogens is 981 g/mol. The van der Waals surface area contributed by atoms with E-state index in [9.17, 15) is 69.2 Å². The lowest BCUT2D eigenvalue weighted by Gasteiger charge is -2.14. The van der Waals surface area contributed by atoms with Crippen molar-refractivity contribution in [1.82, 2.24) is 9.78 Å². The minimum Gasteiger partial charge on any atom is -0.506 e. The number of rotatable bonds is 19. The molecule has 0 aliphatic carbocycles. The number of aryl methyl sites for hydroxylation is 1. The molecule has 0 atom stereocenters. The van der Waals surface area contributed by atoms with E-state index in [0.717, 1.165) is 55.6 Å². The summed E-state index contributed by atoms with van der Waals surface area (Å²) in [5, 5.41) is 79.7. The van der Waals surface area contributed by atoms with E-state index in [0.29, 0.717) is 4.68 Å². The van der Waals surface area contributed by atoms with Gasteiger partial charge in [0.25, 0.3) is 30.4 Å². The highest BCUT2D eigenvalue weighted by molar-refractivity contribution is 7.86. The van der Waals surface area contributed by atoms with Gasteiger partial charge in [-0.05, 0) is 54.3 Å². The van der Waals surface area contributed by atoms with Crippen LogP contribution in [0.2, 0.25) is 0 Å². The van der Waals surface area contributed by atoms with Gasteiger partial charge in [-0.25, -0.2) is 4.79 Å². The third kappa shape index (κ3) is 11.2. The summed E-state index contributed by atoms with van der Waals surface area (Å²) in [5.41, 5.74) is -3.92. The molecule has 0 bridgehead atoms. The topological polar surface area (TPSA) is 410 Å². The Morgan fingerprint density at radius 1 is 0.638 bits per heavy atom. The summed E-state index contributed by atoms with van der Waals surface area (Å²) in [6, 6.07) is 11.7. The molecule has 0 amide bonds. The van der Waals surface area contributed by atoms with Crippen molar-refractivity contribution in [2.24, 2.45) is 30.7 Å². The fraction of sp³-hybridized carbons (Fsp3) is 0.179. The Labute approximate surface area is 389 Å². The number of carboxylic acids is 1. The van der Waals surface area contributed by atoms with Crippen LogP contribution in [-0.2, 0) is 30.4 Å². The molecule has 0 radical (unpaired) electrons. The zero-order chi connectivity index (χ0) is 50.6. The molecule has 0 fully saturated rings. The number of carbonyl (C=O) groups is 1. The second-order valence-electron chi connectivity index (χ2n) is 13.8. The number of phenolic OH excluding ortho intramolecular Hbond substituents is 1. The standard InChI is InChI=1S/C39H36N8O19S3/c1-19-12-24(29(64-3)18-32(19)68(57,58)59)42-45-36-37(39(52)53)46-47(38(36)51)27-15-22(67(54,55)56)13-20-4-7-28(50)35(34(20)27)44-43-26-17-30(65-10-8-48)25(16-31(26)66-11-9-49)41-40-23-6-5-21(63-2)14-33(23)69(60,61)62/h4-7,12-18,48-51H,8-11H2,1-3H3,(H,52,53)(H,54,55,56)(H,57,58,59)(H,60,61,62). The van der Waals surface area contributed by atoms with Crippen molar-refractivity contribution in [2.75, 3.05) is 40.6 Å². The number of phenols is 1. The number of aromatic nitrogens is 2. The van der Waals surface area contributed by atoms with E-state index in [-0.39, 0.29) is 75.3 Å². The molecule has 5 aromatic carbocycles. The second-order valence-corrected chi connectivity index (χ2v) is 18.0. The molecule has 8 N–H and O–H groups in total. The first-order valence-corrected chi connectivity index (χ1v) is 23.4. The number of hydrogen-bond donors (Lipinski definition) is 8. The third-order valence-corrected chi connectivity index (χ3v) is 12.0. The van der Waals surface area contributed by atoms with Gasteiger partial charge >= 0.3 is 5.97 Å². The monoisotopic (exact) mass is 1020 g/mol. The summed E-state index contributed by atoms with van der Waals surface area (Å²) in [4.78, 5) is 10.5. The summed E-state index contributed by atoms with van der Waals surface area (Å²) < 4.78 is 125. The molecule has 0 spiro atoms. The fourth-order valence-electron chi connectivity index (χ4n) is 6.25. The number of nitrogens with zero attached hydrogens (tertiary/aromatic N) is 8. The van der Waals surface area contributed by atoms with Crippen molar-refractivity contribution >= 4 is 81.2 Å². The van der Waals surface area contributed by atoms with Gasteiger partial charge in [-0.2, -0.15) is 35.0 Å². The molecule has 364 valence electrons. The number of aliphatic hydroxyl groups is 2. The zero-order valence-corrected chi connectivity index (χ0v) is 38.0. The number of aliphatic hydroxyl groups excluding tert-OH is 2. The molecule has 69 heavy (non-hydrogen) atoms. The largest absolute Gasteiger partial charge is 0.506 e. The smallest absolute Gasteiger partial charge is 0.358 e. The molecule has 0 saturated carbocycles. The molecule has 1 aromatic heterocycles. The molecule has 1 heterocycles. The average molecular weight is 1020 g/mol. The molecule has 0 aliphatic rings. The Hall–Kier alpha value is -7.71. The lowest BCUT2D eigenvalue weighted by Crippen LogP contribution is -2.05. The van der Waals surface area contributed by atoms with Gasteiger partial charge in [0.1, 0.15) is 80.2 Å². The van der Waals surface area contributed by atoms with Crippen LogP contribution >= 0.6 is 0 Å². The number of azo groups is 3. The van der Waals surface area contributed by atoms with Crippen LogP contribution in [-0.4, -0.2) is 121 Å². The Morgan fingerprint density at radius 3 is 1.74 bits per heavy atom. The van der Waals surface area contributed by atoms with E-state index in [4.69, 9.17) is 18.9 Å². The summed E-state index contributed by atoms with van der Waals surface area (Å²) >= 11 is 0. The van der Waals surface area contributed by atoms with Crippen molar-refractivity contribution in [2.45, 2.75) is 21.6 Å². The van der Waals surface area contributed by atoms with E-state index < -0.39 is 98.6 Å². The number of carboxylic acid groups (broad SMARTS) is 1. The molecule has 6 rings (SSSR count). The Bertz CT molecular complexity index is 3450. The highest BCUT2D eigenvalue weighted by atomic mass is 32.2. The maximum atomic E-state index is 12.6. The van der Waals surface area contributed by atoms with Gasteiger partial charge in [0, 0.05) is 29.7 Å². The van der Waals surface area contributed by atoms with Gasteiger partial charge in [0.2, 0.25) is 11.6 Å². The van der Waals surface area contributed by atoms with Gasteiger partial charge in [-0.1, -0.05) is 6.07 Å². The van der Waals surface area contributed by atoms with Gasteiger partial charge in [0.15, 0.2) is 5.69 Å². The number of methoxy groups -OCH3 is 2. The van der Waals surface area contributed by atoms with E-state index in [1.807, 2.05) is 0 Å². The summed E-state index contributed by atoms with van der Waals surface area (Å²) in [6.45, 7) is -0.479. The van der Waals surface area contributed by atoms with Crippen LogP contribution in [0.15, 0.2) is 112 Å². The summed E-state index contributed by atoms with van der Waals surface area (Å²) in [5.74, 6) is -4.18. The van der Waals surface area contributed by atoms with E-state index >= 15 is 0 Å². The maximum absolute atomic E-state index is 12.6. The zero-order valence-electron chi connectivity index (χ0n) is 35.6. The van der Waals surface area contributed by atoms with Crippen LogP contribution in [0.25, 0.3) is 16.5 Å². The molecular formula is C39H36N8O19S3. The van der Waals surface area contributed by atoms with Crippen LogP contribution in [0.1, 0.15) is 16.1 Å². The second kappa shape index (κ2) is 20.3. The van der Waals surface area contributed by atoms with Crippen LogP contribution in [0.4, 0.5) is 34.1 Å². The van der Waals surface area contributed by atoms with Crippen LogP contribution in [0.3, 0.4) is 0 Å². The molecule has 27 nitrogen and oxygen atoms in total. The third-order valence-electron chi connectivity index (χ3n) is 9.31. The molecule has 0 unspecified atom stereocenters. The number of hydrogen-bond acceptors (Lipinski definition) is 22. The van der Waals surface area contributed by atoms with Crippen LogP contribution in [0.5, 0.6) is 34.6 Å². The highest BCUT2D eigenvalue weighted by Gasteiger charge is 2.28. The predicted molar refractivity (Wildman–Crippen MR) is 236 cm³/mol. The normalized spacial score (nSPS) is 12.4. The molecule has 0 saturated heterocycles. The predicted octanol–water partition coefficient (Wildman–Crippen LogP) is 6.19. The molecule has 6 aromatic rings. The first kappa shape index (κ1) is 50.7. The lowest BCUT2D eigenvalue weighted by molar-refractivity contribution is 0.0690. The van der Waals surface area contributed by atoms with E-state index in [1.165, 1.54) is 32.2 Å². The number of aromatic hydroxyl groups is 2. The summed E-state index contributed by atoms with van der Waals surface area (Å²) in [7, 11) is -12.3. The van der Waals surface area contributed by atoms with E-state index in [1.54, 1.807) is 0 Å². The summed E-state index contributed by atoms with van der Waals surface area (Å²) in [6.07, 6.45) is 0.